The Kier molecular flexibility index (Phi) is 7.39. The summed E-state index contributed by atoms with van der Waals surface area (Å²) in [4.78, 5) is 12.5. The fourth-order valence-electron chi connectivity index (χ4n) is 2.59. The zero-order chi connectivity index (χ0) is 15.1. The Labute approximate surface area is 119 Å². The highest BCUT2D eigenvalue weighted by Crippen LogP contribution is 2.40. The lowest BCUT2D eigenvalue weighted by Gasteiger charge is -2.33. The molecule has 0 heterocycles. The van der Waals surface area contributed by atoms with Crippen LogP contribution in [0.3, 0.4) is 0 Å². The number of rotatable bonds is 9. The average Bonchev–Trinajstić information content (AvgIpc) is 2.46. The van der Waals surface area contributed by atoms with Gasteiger partial charge in [-0.25, -0.2) is 0 Å². The Hall–Kier alpha value is -0.790. The fourth-order valence-corrected chi connectivity index (χ4v) is 2.59. The molecule has 0 aromatic rings. The first-order valence-corrected chi connectivity index (χ1v) is 7.70. The summed E-state index contributed by atoms with van der Waals surface area (Å²) in [5.74, 6) is 1.06. The van der Waals surface area contributed by atoms with Gasteiger partial charge in [0.05, 0.1) is 7.11 Å². The van der Waals surface area contributed by atoms with Crippen molar-refractivity contribution in [1.82, 2.24) is 0 Å². The molecular weight excluding hydrogens is 236 g/mol. The van der Waals surface area contributed by atoms with Crippen LogP contribution in [-0.4, -0.2) is 12.9 Å². The third-order valence-electron chi connectivity index (χ3n) is 5.19. The van der Waals surface area contributed by atoms with Gasteiger partial charge in [-0.05, 0) is 32.1 Å². The van der Waals surface area contributed by atoms with Crippen molar-refractivity contribution in [3.63, 3.8) is 0 Å². The van der Waals surface area contributed by atoms with Crippen LogP contribution in [0.15, 0.2) is 11.8 Å². The monoisotopic (exact) mass is 268 g/mol. The minimum atomic E-state index is -0.259. The quantitative estimate of drug-likeness (QED) is 0.428. The molecule has 0 saturated carbocycles. The number of hydrogen-bond donors (Lipinski definition) is 0. The van der Waals surface area contributed by atoms with Crippen LogP contribution >= 0.6 is 0 Å². The van der Waals surface area contributed by atoms with E-state index in [2.05, 4.69) is 34.6 Å². The van der Waals surface area contributed by atoms with Crippen LogP contribution in [0.5, 0.6) is 0 Å². The molecule has 0 bridgehead atoms. The van der Waals surface area contributed by atoms with Crippen molar-refractivity contribution < 1.29 is 9.53 Å². The molecule has 0 aliphatic rings. The number of methoxy groups -OCH3 is 1. The Morgan fingerprint density at radius 2 is 1.37 bits per heavy atom. The third kappa shape index (κ3) is 3.84. The number of ketones is 1. The topological polar surface area (TPSA) is 26.3 Å². The summed E-state index contributed by atoms with van der Waals surface area (Å²) in [7, 11) is 1.68. The molecule has 0 fully saturated rings. The molecule has 112 valence electrons. The molecule has 0 saturated heterocycles. The maximum atomic E-state index is 12.5. The predicted molar refractivity (Wildman–Crippen MR) is 82.1 cm³/mol. The van der Waals surface area contributed by atoms with Crippen molar-refractivity contribution >= 4 is 5.78 Å². The fraction of sp³-hybridized carbons (Fsp3) is 0.824. The summed E-state index contributed by atoms with van der Waals surface area (Å²) < 4.78 is 5.58. The molecule has 2 nitrogen and oxygen atoms in total. The van der Waals surface area contributed by atoms with Gasteiger partial charge in [0, 0.05) is 16.9 Å². The largest absolute Gasteiger partial charge is 0.500 e. The van der Waals surface area contributed by atoms with E-state index in [9.17, 15) is 4.79 Å². The zero-order valence-electron chi connectivity index (χ0n) is 13.9. The van der Waals surface area contributed by atoms with Crippen LogP contribution in [-0.2, 0) is 9.53 Å². The lowest BCUT2D eigenvalue weighted by molar-refractivity contribution is -0.123. The Balaban J connectivity index is 5.47. The lowest BCUT2D eigenvalue weighted by Crippen LogP contribution is -2.28. The number of allylic oxidation sites excluding steroid dienone is 2. The van der Waals surface area contributed by atoms with Gasteiger partial charge < -0.3 is 4.74 Å². The van der Waals surface area contributed by atoms with Crippen LogP contribution in [0.2, 0.25) is 0 Å². The van der Waals surface area contributed by atoms with Gasteiger partial charge in [-0.3, -0.25) is 4.79 Å². The van der Waals surface area contributed by atoms with Crippen LogP contribution < -0.4 is 0 Å². The van der Waals surface area contributed by atoms with E-state index in [1.165, 1.54) is 0 Å². The second-order valence-corrected chi connectivity index (χ2v) is 5.69. The standard InChI is InChI=1S/C17H32O2/c1-8-16(6,9-2)14(18)13-15(19-7)17(10-3,11-4)12-5/h13H,8-12H2,1-7H3/b15-13-. The van der Waals surface area contributed by atoms with Gasteiger partial charge in [0.25, 0.3) is 0 Å². The van der Waals surface area contributed by atoms with E-state index in [-0.39, 0.29) is 16.6 Å². The van der Waals surface area contributed by atoms with Crippen molar-refractivity contribution in [2.75, 3.05) is 7.11 Å². The molecule has 2 heteroatoms. The SMILES string of the molecule is CCC(C)(CC)C(=O)/C=C(\OC)C(CC)(CC)CC. The molecule has 0 N–H and O–H groups in total. The van der Waals surface area contributed by atoms with Gasteiger partial charge in [0.15, 0.2) is 5.78 Å². The summed E-state index contributed by atoms with van der Waals surface area (Å²) in [6, 6.07) is 0. The minimum absolute atomic E-state index is 0.00675. The summed E-state index contributed by atoms with van der Waals surface area (Å²) in [5.41, 5.74) is -0.252. The Morgan fingerprint density at radius 3 is 1.63 bits per heavy atom. The molecule has 0 amide bonds. The van der Waals surface area contributed by atoms with Crippen molar-refractivity contribution in [3.8, 4) is 0 Å². The Bertz CT molecular complexity index is 299. The van der Waals surface area contributed by atoms with Crippen molar-refractivity contribution in [2.24, 2.45) is 10.8 Å². The van der Waals surface area contributed by atoms with E-state index in [1.807, 2.05) is 6.92 Å². The van der Waals surface area contributed by atoms with E-state index in [0.717, 1.165) is 37.9 Å². The van der Waals surface area contributed by atoms with E-state index >= 15 is 0 Å². The lowest BCUT2D eigenvalue weighted by atomic mass is 9.75. The van der Waals surface area contributed by atoms with Gasteiger partial charge >= 0.3 is 0 Å². The maximum Gasteiger partial charge on any atom is 0.164 e. The molecule has 0 unspecified atom stereocenters. The maximum absolute atomic E-state index is 12.5. The van der Waals surface area contributed by atoms with Crippen LogP contribution in [0.1, 0.15) is 73.6 Å². The van der Waals surface area contributed by atoms with Gasteiger partial charge in [0.1, 0.15) is 5.76 Å². The highest BCUT2D eigenvalue weighted by atomic mass is 16.5. The van der Waals surface area contributed by atoms with Gasteiger partial charge in [-0.1, -0.05) is 41.5 Å². The van der Waals surface area contributed by atoms with E-state index in [1.54, 1.807) is 13.2 Å². The van der Waals surface area contributed by atoms with Crippen molar-refractivity contribution in [2.45, 2.75) is 73.6 Å². The highest BCUT2D eigenvalue weighted by molar-refractivity contribution is 5.95. The molecular formula is C17H32O2. The smallest absolute Gasteiger partial charge is 0.164 e. The van der Waals surface area contributed by atoms with Gasteiger partial charge in [-0.15, -0.1) is 0 Å². The molecule has 0 radical (unpaired) electrons. The van der Waals surface area contributed by atoms with E-state index < -0.39 is 0 Å². The average molecular weight is 268 g/mol. The number of carbonyl (C=O) groups is 1. The molecule has 19 heavy (non-hydrogen) atoms. The van der Waals surface area contributed by atoms with Gasteiger partial charge in [-0.2, -0.15) is 0 Å². The van der Waals surface area contributed by atoms with Crippen LogP contribution in [0.4, 0.5) is 0 Å². The van der Waals surface area contributed by atoms with Crippen LogP contribution in [0.25, 0.3) is 0 Å². The number of carbonyl (C=O) groups excluding carboxylic acids is 1. The summed E-state index contributed by atoms with van der Waals surface area (Å²) in [5, 5.41) is 0. The molecule has 0 aromatic heterocycles. The molecule has 0 spiro atoms. The molecule has 0 aliphatic heterocycles. The highest BCUT2D eigenvalue weighted by Gasteiger charge is 2.34. The van der Waals surface area contributed by atoms with Crippen molar-refractivity contribution in [3.05, 3.63) is 11.8 Å². The molecule has 0 atom stereocenters. The second kappa shape index (κ2) is 7.72. The van der Waals surface area contributed by atoms with Gasteiger partial charge in [0.2, 0.25) is 0 Å². The second-order valence-electron chi connectivity index (χ2n) is 5.69. The predicted octanol–water partition coefficient (Wildman–Crippen LogP) is 5.13. The summed E-state index contributed by atoms with van der Waals surface area (Å²) >= 11 is 0. The first kappa shape index (κ1) is 18.2. The normalized spacial score (nSPS) is 13.5. The number of hydrogen-bond acceptors (Lipinski definition) is 2. The molecule has 0 aliphatic carbocycles. The molecule has 0 aromatic carbocycles. The van der Waals surface area contributed by atoms with E-state index in [4.69, 9.17) is 4.74 Å². The molecule has 0 rings (SSSR count). The van der Waals surface area contributed by atoms with Crippen LogP contribution in [0, 0.1) is 10.8 Å². The minimum Gasteiger partial charge on any atom is -0.500 e. The number of ether oxygens (including phenoxy) is 1. The first-order chi connectivity index (χ1) is 8.89. The first-order valence-electron chi connectivity index (χ1n) is 7.70. The summed E-state index contributed by atoms with van der Waals surface area (Å²) in [6.07, 6.45) is 6.51. The van der Waals surface area contributed by atoms with Crippen molar-refractivity contribution in [1.29, 1.82) is 0 Å². The van der Waals surface area contributed by atoms with E-state index in [0.29, 0.717) is 0 Å². The summed E-state index contributed by atoms with van der Waals surface area (Å²) in [6.45, 7) is 12.7. The third-order valence-corrected chi connectivity index (χ3v) is 5.19. The Morgan fingerprint density at radius 1 is 0.947 bits per heavy atom. The zero-order valence-corrected chi connectivity index (χ0v) is 13.9.